The molecule has 0 unspecified atom stereocenters. The van der Waals surface area contributed by atoms with Crippen molar-refractivity contribution >= 4 is 5.91 Å². The highest BCUT2D eigenvalue weighted by atomic mass is 16.3. The van der Waals surface area contributed by atoms with Gasteiger partial charge in [0, 0.05) is 6.61 Å². The summed E-state index contributed by atoms with van der Waals surface area (Å²) < 4.78 is 5.34. The number of rotatable bonds is 6. The van der Waals surface area contributed by atoms with Gasteiger partial charge in [0.15, 0.2) is 0 Å². The lowest BCUT2D eigenvalue weighted by Gasteiger charge is -2.17. The molecular weight excluding hydrogens is 278 g/mol. The number of benzene rings is 1. The van der Waals surface area contributed by atoms with Crippen molar-refractivity contribution in [1.29, 1.82) is 0 Å². The summed E-state index contributed by atoms with van der Waals surface area (Å²) in [6, 6.07) is 7.47. The Morgan fingerprint density at radius 1 is 1.27 bits per heavy atom. The van der Waals surface area contributed by atoms with Crippen molar-refractivity contribution in [1.82, 2.24) is 5.32 Å². The second-order valence-corrected chi connectivity index (χ2v) is 5.70. The van der Waals surface area contributed by atoms with Crippen LogP contribution in [0.2, 0.25) is 0 Å². The van der Waals surface area contributed by atoms with Crippen LogP contribution in [0.25, 0.3) is 0 Å². The zero-order chi connectivity index (χ0) is 16.1. The van der Waals surface area contributed by atoms with Crippen LogP contribution in [-0.2, 0) is 11.2 Å². The van der Waals surface area contributed by atoms with Crippen molar-refractivity contribution in [2.45, 2.75) is 39.7 Å². The van der Waals surface area contributed by atoms with Gasteiger partial charge in [-0.2, -0.15) is 0 Å². The highest BCUT2D eigenvalue weighted by molar-refractivity contribution is 5.79. The number of nitrogens with one attached hydrogen (secondary N) is 1. The Balaban J connectivity index is 2.09. The molecule has 1 heterocycles. The molecule has 0 aliphatic carbocycles. The Kier molecular flexibility index (Phi) is 5.39. The minimum absolute atomic E-state index is 0.00572. The van der Waals surface area contributed by atoms with E-state index in [1.165, 1.54) is 5.56 Å². The molecule has 0 bridgehead atoms. The third kappa shape index (κ3) is 3.98. The predicted molar refractivity (Wildman–Crippen MR) is 85.7 cm³/mol. The third-order valence-electron chi connectivity index (χ3n) is 3.82. The summed E-state index contributed by atoms with van der Waals surface area (Å²) in [5.41, 5.74) is 4.52. The van der Waals surface area contributed by atoms with Gasteiger partial charge < -0.3 is 14.8 Å². The van der Waals surface area contributed by atoms with E-state index in [4.69, 9.17) is 9.52 Å². The summed E-state index contributed by atoms with van der Waals surface area (Å²) in [5, 5.41) is 12.1. The maximum absolute atomic E-state index is 12.3. The monoisotopic (exact) mass is 301 g/mol. The molecule has 118 valence electrons. The summed E-state index contributed by atoms with van der Waals surface area (Å²) in [6.45, 7) is 6.10. The summed E-state index contributed by atoms with van der Waals surface area (Å²) in [7, 11) is 0. The molecule has 0 saturated heterocycles. The largest absolute Gasteiger partial charge is 0.467 e. The lowest BCUT2D eigenvalue weighted by molar-refractivity contribution is -0.121. The number of hydrogen-bond donors (Lipinski definition) is 2. The highest BCUT2D eigenvalue weighted by Crippen LogP contribution is 2.19. The van der Waals surface area contributed by atoms with E-state index in [2.05, 4.69) is 24.4 Å². The average Bonchev–Trinajstić information content (AvgIpc) is 2.96. The molecule has 1 atom stereocenters. The maximum Gasteiger partial charge on any atom is 0.225 e. The van der Waals surface area contributed by atoms with Gasteiger partial charge in [0.05, 0.1) is 18.7 Å². The molecular formula is C18H23NO3. The summed E-state index contributed by atoms with van der Waals surface area (Å²) in [4.78, 5) is 12.3. The number of carbonyl (C=O) groups excluding carboxylic acids is 1. The quantitative estimate of drug-likeness (QED) is 0.862. The first kappa shape index (κ1) is 16.3. The molecule has 0 radical (unpaired) electrons. The van der Waals surface area contributed by atoms with Crippen LogP contribution in [0.1, 0.15) is 40.5 Å². The predicted octanol–water partition coefficient (Wildman–Crippen LogP) is 2.99. The zero-order valence-electron chi connectivity index (χ0n) is 13.3. The van der Waals surface area contributed by atoms with Crippen LogP contribution in [0, 0.1) is 20.8 Å². The van der Waals surface area contributed by atoms with E-state index in [1.54, 1.807) is 12.3 Å². The molecule has 4 heteroatoms. The van der Waals surface area contributed by atoms with Crippen molar-refractivity contribution in [2.75, 3.05) is 6.61 Å². The molecule has 4 nitrogen and oxygen atoms in total. The van der Waals surface area contributed by atoms with E-state index in [1.807, 2.05) is 19.9 Å². The van der Waals surface area contributed by atoms with Crippen molar-refractivity contribution in [3.63, 3.8) is 0 Å². The zero-order valence-corrected chi connectivity index (χ0v) is 13.3. The molecule has 2 N–H and O–H groups in total. The van der Waals surface area contributed by atoms with Gasteiger partial charge in [-0.05, 0) is 56.0 Å². The number of amides is 1. The van der Waals surface area contributed by atoms with E-state index in [9.17, 15) is 4.79 Å². The first-order valence-corrected chi connectivity index (χ1v) is 7.51. The lowest BCUT2D eigenvalue weighted by Crippen LogP contribution is -2.30. The van der Waals surface area contributed by atoms with Crippen LogP contribution in [0.15, 0.2) is 34.9 Å². The number of aliphatic hydroxyl groups is 1. The van der Waals surface area contributed by atoms with Crippen LogP contribution in [0.5, 0.6) is 0 Å². The highest BCUT2D eigenvalue weighted by Gasteiger charge is 2.18. The number of aryl methyl sites for hydroxylation is 3. The molecule has 1 aromatic carbocycles. The van der Waals surface area contributed by atoms with Crippen molar-refractivity contribution < 1.29 is 14.3 Å². The summed E-state index contributed by atoms with van der Waals surface area (Å²) in [6.07, 6.45) is 2.34. The van der Waals surface area contributed by atoms with Crippen molar-refractivity contribution in [3.05, 3.63) is 58.5 Å². The normalized spacial score (nSPS) is 12.2. The Morgan fingerprint density at radius 2 is 1.95 bits per heavy atom. The van der Waals surface area contributed by atoms with Gasteiger partial charge in [-0.15, -0.1) is 0 Å². The van der Waals surface area contributed by atoms with Gasteiger partial charge in [0.1, 0.15) is 5.76 Å². The molecule has 0 fully saturated rings. The Bertz CT molecular complexity index is 609. The van der Waals surface area contributed by atoms with E-state index in [0.29, 0.717) is 18.6 Å². The first-order valence-electron chi connectivity index (χ1n) is 7.51. The summed E-state index contributed by atoms with van der Waals surface area (Å²) in [5.74, 6) is 0.602. The van der Waals surface area contributed by atoms with E-state index in [0.717, 1.165) is 16.7 Å². The second-order valence-electron chi connectivity index (χ2n) is 5.70. The Labute approximate surface area is 131 Å². The number of hydrogen-bond acceptors (Lipinski definition) is 3. The molecule has 22 heavy (non-hydrogen) atoms. The fraction of sp³-hybridized carbons (Fsp3) is 0.389. The minimum atomic E-state index is -0.293. The molecule has 0 saturated carbocycles. The molecule has 0 spiro atoms. The van der Waals surface area contributed by atoms with Crippen LogP contribution in [0.4, 0.5) is 0 Å². The Morgan fingerprint density at radius 3 is 2.50 bits per heavy atom. The van der Waals surface area contributed by atoms with Crippen LogP contribution in [0.3, 0.4) is 0 Å². The average molecular weight is 301 g/mol. The van der Waals surface area contributed by atoms with Gasteiger partial charge >= 0.3 is 0 Å². The number of carbonyl (C=O) groups is 1. The number of aliphatic hydroxyl groups excluding tert-OH is 1. The van der Waals surface area contributed by atoms with E-state index < -0.39 is 0 Å². The van der Waals surface area contributed by atoms with Crippen LogP contribution < -0.4 is 5.32 Å². The maximum atomic E-state index is 12.3. The lowest BCUT2D eigenvalue weighted by atomic mass is 9.97. The standard InChI is InChI=1S/C18H23NO3/c1-12-9-13(2)15(14(3)10-12)11-18(21)19-16(6-7-20)17-5-4-8-22-17/h4-5,8-10,16,20H,6-7,11H2,1-3H3,(H,19,21)/t16-/m0/s1. The van der Waals surface area contributed by atoms with E-state index in [-0.39, 0.29) is 18.6 Å². The number of furan rings is 1. The van der Waals surface area contributed by atoms with Gasteiger partial charge in [0.25, 0.3) is 0 Å². The molecule has 0 aliphatic rings. The fourth-order valence-corrected chi connectivity index (χ4v) is 2.80. The van der Waals surface area contributed by atoms with Gasteiger partial charge in [-0.25, -0.2) is 0 Å². The Hall–Kier alpha value is -2.07. The van der Waals surface area contributed by atoms with Crippen molar-refractivity contribution in [3.8, 4) is 0 Å². The minimum Gasteiger partial charge on any atom is -0.467 e. The second kappa shape index (κ2) is 7.27. The van der Waals surface area contributed by atoms with Gasteiger partial charge in [-0.3, -0.25) is 4.79 Å². The van der Waals surface area contributed by atoms with E-state index >= 15 is 0 Å². The summed E-state index contributed by atoms with van der Waals surface area (Å²) >= 11 is 0. The fourth-order valence-electron chi connectivity index (χ4n) is 2.80. The first-order chi connectivity index (χ1) is 10.5. The smallest absolute Gasteiger partial charge is 0.225 e. The topological polar surface area (TPSA) is 62.5 Å². The third-order valence-corrected chi connectivity index (χ3v) is 3.82. The van der Waals surface area contributed by atoms with Crippen LogP contribution in [-0.4, -0.2) is 17.6 Å². The van der Waals surface area contributed by atoms with Gasteiger partial charge in [0.2, 0.25) is 5.91 Å². The molecule has 1 amide bonds. The van der Waals surface area contributed by atoms with Crippen molar-refractivity contribution in [2.24, 2.45) is 0 Å². The molecule has 2 rings (SSSR count). The molecule has 2 aromatic rings. The molecule has 1 aromatic heterocycles. The van der Waals surface area contributed by atoms with Gasteiger partial charge in [-0.1, -0.05) is 17.7 Å². The molecule has 0 aliphatic heterocycles. The SMILES string of the molecule is Cc1cc(C)c(CC(=O)N[C@@H](CCO)c2ccco2)c(C)c1. The van der Waals surface area contributed by atoms with Crippen LogP contribution >= 0.6 is 0 Å².